The van der Waals surface area contributed by atoms with Crippen molar-refractivity contribution in [2.75, 3.05) is 19.8 Å². The maximum atomic E-state index is 11.5. The molecule has 0 aliphatic carbocycles. The van der Waals surface area contributed by atoms with Crippen LogP contribution in [0.1, 0.15) is 20.8 Å². The fraction of sp³-hybridized carbons (Fsp3) is 1.00. The molecule has 8 nitrogen and oxygen atoms in total. The molecule has 0 aliphatic rings. The van der Waals surface area contributed by atoms with Crippen LogP contribution in [0.3, 0.4) is 0 Å². The zero-order chi connectivity index (χ0) is 12.6. The van der Waals surface area contributed by atoms with E-state index in [1.807, 2.05) is 0 Å². The molecule has 0 unspecified atom stereocenters. The first kappa shape index (κ1) is 14.5. The average molecular weight is 266 g/mol. The van der Waals surface area contributed by atoms with E-state index in [9.17, 15) is 18.4 Å². The van der Waals surface area contributed by atoms with Gasteiger partial charge in [-0.1, -0.05) is 0 Å². The van der Waals surface area contributed by atoms with Crippen LogP contribution in [0.15, 0.2) is 0 Å². The fourth-order valence-corrected chi connectivity index (χ4v) is 5.02. The van der Waals surface area contributed by atoms with Crippen LogP contribution in [0, 0.1) is 0 Å². The van der Waals surface area contributed by atoms with Crippen LogP contribution in [-0.2, 0) is 39.6 Å². The molecule has 0 aromatic rings. The summed E-state index contributed by atoms with van der Waals surface area (Å²) in [6.45, 7) is -0.0377. The fourth-order valence-electron chi connectivity index (χ4n) is 1.22. The normalized spacial score (nSPS) is 18.9. The average Bonchev–Trinajstić information content (AvgIpc) is 1.82. The van der Waals surface area contributed by atoms with E-state index >= 15 is 0 Å². The van der Waals surface area contributed by atoms with E-state index < -0.39 is 30.1 Å². The standard InChI is InChI=1S/3C2H5O.5O.V/c3*1-2-3;;;;;;/h3*2H2,1H3;;;;;;/q3*-1;;;;;;+3. The number of hydrogen-bond donors (Lipinski definition) is 0. The van der Waals surface area contributed by atoms with Gasteiger partial charge in [0.15, 0.2) is 0 Å². The van der Waals surface area contributed by atoms with Gasteiger partial charge in [-0.15, -0.1) is 0 Å². The molecule has 0 spiro atoms. The van der Waals surface area contributed by atoms with E-state index in [0.29, 0.717) is 0 Å². The summed E-state index contributed by atoms with van der Waals surface area (Å²) in [6.07, 6.45) is 0. The predicted octanol–water partition coefficient (Wildman–Crippen LogP) is 0.865. The third kappa shape index (κ3) is 3.21. The summed E-state index contributed by atoms with van der Waals surface area (Å²) in [5.41, 5.74) is 0. The van der Waals surface area contributed by atoms with Gasteiger partial charge in [0.25, 0.3) is 0 Å². The van der Waals surface area contributed by atoms with Gasteiger partial charge in [0.2, 0.25) is 0 Å². The van der Waals surface area contributed by atoms with Crippen LogP contribution in [0.5, 0.6) is 0 Å². The van der Waals surface area contributed by atoms with E-state index in [-0.39, 0.29) is 0 Å². The summed E-state index contributed by atoms with van der Waals surface area (Å²) in [5, 5.41) is 0. The van der Waals surface area contributed by atoms with Gasteiger partial charge in [-0.05, 0) is 0 Å². The van der Waals surface area contributed by atoms with E-state index in [0.717, 1.165) is 20.8 Å². The van der Waals surface area contributed by atoms with Crippen molar-refractivity contribution in [1.29, 1.82) is 0 Å². The molecular formula is C6H15O8V. The zero-order valence-electron chi connectivity index (χ0n) is 8.83. The molecule has 0 heterocycles. The summed E-state index contributed by atoms with van der Waals surface area (Å²) in [6, 6.07) is 0. The van der Waals surface area contributed by atoms with Crippen molar-refractivity contribution >= 4 is 0 Å². The Labute approximate surface area is 80.7 Å². The molecule has 0 saturated carbocycles. The molecule has 0 aromatic carbocycles. The van der Waals surface area contributed by atoms with E-state index in [1.165, 1.54) is 0 Å². The van der Waals surface area contributed by atoms with Crippen molar-refractivity contribution < 1.29 is 39.6 Å². The van der Waals surface area contributed by atoms with Crippen molar-refractivity contribution in [3.63, 3.8) is 0 Å². The summed E-state index contributed by atoms with van der Waals surface area (Å²) < 4.78 is 67.6. The number of hydrogen-bond acceptors (Lipinski definition) is 8. The first-order valence-corrected chi connectivity index (χ1v) is 9.01. The third-order valence-corrected chi connectivity index (χ3v) is 6.16. The van der Waals surface area contributed by atoms with Gasteiger partial charge in [-0.2, -0.15) is 0 Å². The number of rotatable bonds is 6. The van der Waals surface area contributed by atoms with Crippen molar-refractivity contribution in [3.05, 3.63) is 0 Å². The molecular weight excluding hydrogens is 251 g/mol. The first-order valence-electron chi connectivity index (χ1n) is 4.45. The Kier molecular flexibility index (Phi) is 1.80. The monoisotopic (exact) mass is 266 g/mol. The Bertz CT molecular complexity index is 707. The SMILES string of the molecule is CC[O][V](=[O])(=[O])(=[O])(=[O])(=[O])([O]CC)[O]CC. The molecule has 0 aliphatic heterocycles. The van der Waals surface area contributed by atoms with Gasteiger partial charge in [0.05, 0.1) is 0 Å². The van der Waals surface area contributed by atoms with Gasteiger partial charge in [0.1, 0.15) is 0 Å². The van der Waals surface area contributed by atoms with Gasteiger partial charge in [0, 0.05) is 0 Å². The van der Waals surface area contributed by atoms with Crippen LogP contribution < -0.4 is 0 Å². The second-order valence-corrected chi connectivity index (χ2v) is 11.1. The molecule has 9 heteroatoms. The van der Waals surface area contributed by atoms with E-state index in [1.54, 1.807) is 0 Å². The van der Waals surface area contributed by atoms with Crippen molar-refractivity contribution in [2.24, 2.45) is 0 Å². The van der Waals surface area contributed by atoms with E-state index in [4.69, 9.17) is 0 Å². The summed E-state index contributed by atoms with van der Waals surface area (Å²) in [4.78, 5) is 0. The van der Waals surface area contributed by atoms with Gasteiger partial charge in [-0.3, -0.25) is 0 Å². The Balaban J connectivity index is 6.80. The molecule has 0 rings (SSSR count). The molecule has 0 saturated heterocycles. The zero-order valence-corrected chi connectivity index (χ0v) is 10.2. The summed E-state index contributed by atoms with van der Waals surface area (Å²) in [7, 11) is -11.3. The van der Waals surface area contributed by atoms with Crippen LogP contribution in [0.25, 0.3) is 0 Å². The van der Waals surface area contributed by atoms with Crippen molar-refractivity contribution in [2.45, 2.75) is 20.8 Å². The van der Waals surface area contributed by atoms with Crippen LogP contribution in [-0.4, -0.2) is 19.8 Å². The topological polar surface area (TPSA) is 113 Å². The van der Waals surface area contributed by atoms with E-state index in [2.05, 4.69) is 11.0 Å². The molecule has 0 aromatic heterocycles. The summed E-state index contributed by atoms with van der Waals surface area (Å²) >= 11 is 0. The van der Waals surface area contributed by atoms with Gasteiger partial charge < -0.3 is 0 Å². The molecule has 0 bridgehead atoms. The molecule has 0 N–H and O–H groups in total. The Morgan fingerprint density at radius 3 is 1.00 bits per heavy atom. The molecule has 0 atom stereocenters. The first-order chi connectivity index (χ1) is 6.14. The minimum atomic E-state index is -11.3. The maximum absolute atomic E-state index is 11.5. The minimum absolute atomic E-state index is 0.974. The van der Waals surface area contributed by atoms with Crippen molar-refractivity contribution in [3.8, 4) is 0 Å². The van der Waals surface area contributed by atoms with Crippen molar-refractivity contribution in [1.82, 2.24) is 0 Å². The Morgan fingerprint density at radius 2 is 0.867 bits per heavy atom. The second kappa shape index (κ2) is 1.87. The van der Waals surface area contributed by atoms with Gasteiger partial charge in [-0.25, -0.2) is 0 Å². The molecule has 0 fully saturated rings. The third-order valence-electron chi connectivity index (χ3n) is 1.49. The Hall–Kier alpha value is -0.536. The van der Waals surface area contributed by atoms with Gasteiger partial charge >= 0.3 is 80.2 Å². The van der Waals surface area contributed by atoms with Crippen LogP contribution in [0.2, 0.25) is 0 Å². The molecule has 0 amide bonds. The molecule has 15 heavy (non-hydrogen) atoms. The predicted molar refractivity (Wildman–Crippen MR) is 38.3 cm³/mol. The Morgan fingerprint density at radius 1 is 0.667 bits per heavy atom. The summed E-state index contributed by atoms with van der Waals surface area (Å²) in [5.74, 6) is 0. The molecule has 0 radical (unpaired) electrons. The molecule has 92 valence electrons. The second-order valence-electron chi connectivity index (χ2n) is 3.34. The van der Waals surface area contributed by atoms with Crippen LogP contribution >= 0.6 is 0 Å². The van der Waals surface area contributed by atoms with Crippen LogP contribution in [0.4, 0.5) is 0 Å². The quantitative estimate of drug-likeness (QED) is 0.695.